The zero-order valence-electron chi connectivity index (χ0n) is 16.9. The normalized spacial score (nSPS) is 14.9. The van der Waals surface area contributed by atoms with Crippen LogP contribution in [-0.4, -0.2) is 42.5 Å². The van der Waals surface area contributed by atoms with Gasteiger partial charge in [-0.25, -0.2) is 0 Å². The molecule has 0 spiro atoms. The van der Waals surface area contributed by atoms with Crippen molar-refractivity contribution < 1.29 is 19.0 Å². The molecule has 1 saturated heterocycles. The number of hydrogen-bond donors (Lipinski definition) is 0. The Bertz CT molecular complexity index is 987. The van der Waals surface area contributed by atoms with Crippen LogP contribution in [0.1, 0.15) is 11.1 Å². The molecule has 1 fully saturated rings. The van der Waals surface area contributed by atoms with Crippen LogP contribution in [0.2, 0.25) is 0 Å². The van der Waals surface area contributed by atoms with Crippen molar-refractivity contribution in [1.29, 1.82) is 0 Å². The smallest absolute Gasteiger partial charge is 0.266 e. The van der Waals surface area contributed by atoms with E-state index in [9.17, 15) is 4.79 Å². The number of ether oxygens (including phenoxy) is 3. The molecule has 1 aliphatic rings. The fourth-order valence-corrected chi connectivity index (χ4v) is 4.29. The van der Waals surface area contributed by atoms with E-state index in [-0.39, 0.29) is 5.91 Å². The molecule has 5 nitrogen and oxygen atoms in total. The summed E-state index contributed by atoms with van der Waals surface area (Å²) in [5.41, 5.74) is 1.87. The summed E-state index contributed by atoms with van der Waals surface area (Å²) in [6, 6.07) is 13.3. The van der Waals surface area contributed by atoms with Crippen LogP contribution in [0.15, 0.2) is 60.0 Å². The van der Waals surface area contributed by atoms with Gasteiger partial charge in [0.1, 0.15) is 16.7 Å². The summed E-state index contributed by atoms with van der Waals surface area (Å²) in [6.45, 7) is 4.56. The second kappa shape index (κ2) is 10.3. The van der Waals surface area contributed by atoms with Gasteiger partial charge in [-0.05, 0) is 36.3 Å². The number of carbonyl (C=O) groups is 1. The van der Waals surface area contributed by atoms with Gasteiger partial charge in [0.2, 0.25) is 0 Å². The molecule has 0 atom stereocenters. The third-order valence-corrected chi connectivity index (χ3v) is 5.89. The second-order valence-electron chi connectivity index (χ2n) is 6.41. The highest BCUT2D eigenvalue weighted by Gasteiger charge is 2.31. The van der Waals surface area contributed by atoms with Crippen LogP contribution in [0.3, 0.4) is 0 Å². The lowest BCUT2D eigenvalue weighted by atomic mass is 10.1. The molecule has 30 heavy (non-hydrogen) atoms. The van der Waals surface area contributed by atoms with Gasteiger partial charge >= 0.3 is 0 Å². The summed E-state index contributed by atoms with van der Waals surface area (Å²) in [5, 5.41) is 0. The summed E-state index contributed by atoms with van der Waals surface area (Å²) < 4.78 is 16.9. The van der Waals surface area contributed by atoms with Gasteiger partial charge in [0.15, 0.2) is 11.5 Å². The number of thioether (sulfide) groups is 1. The van der Waals surface area contributed by atoms with E-state index in [0.717, 1.165) is 11.1 Å². The Kier molecular flexibility index (Phi) is 7.54. The lowest BCUT2D eigenvalue weighted by Gasteiger charge is -2.15. The number of para-hydroxylation sites is 1. The van der Waals surface area contributed by atoms with E-state index in [2.05, 4.69) is 6.58 Å². The maximum Gasteiger partial charge on any atom is 0.266 e. The minimum Gasteiger partial charge on any atom is -0.493 e. The molecule has 0 bridgehead atoms. The summed E-state index contributed by atoms with van der Waals surface area (Å²) in [7, 11) is 3.20. The van der Waals surface area contributed by atoms with Crippen molar-refractivity contribution in [2.75, 3.05) is 27.4 Å². The van der Waals surface area contributed by atoms with Gasteiger partial charge in [-0.1, -0.05) is 60.9 Å². The van der Waals surface area contributed by atoms with E-state index >= 15 is 0 Å². The fraction of sp³-hybridized carbons (Fsp3) is 0.217. The van der Waals surface area contributed by atoms with Gasteiger partial charge in [0, 0.05) is 12.1 Å². The molecule has 0 saturated carbocycles. The molecular weight excluding hydrogens is 418 g/mol. The van der Waals surface area contributed by atoms with Gasteiger partial charge in [-0.3, -0.25) is 9.69 Å². The predicted octanol–water partition coefficient (Wildman–Crippen LogP) is 4.71. The topological polar surface area (TPSA) is 48.0 Å². The number of hydrogen-bond acceptors (Lipinski definition) is 6. The minimum atomic E-state index is -0.0935. The first-order valence-corrected chi connectivity index (χ1v) is 10.6. The maximum absolute atomic E-state index is 12.9. The largest absolute Gasteiger partial charge is 0.493 e. The van der Waals surface area contributed by atoms with Crippen LogP contribution >= 0.6 is 24.0 Å². The van der Waals surface area contributed by atoms with Crippen LogP contribution < -0.4 is 14.2 Å². The van der Waals surface area contributed by atoms with Crippen molar-refractivity contribution in [3.8, 4) is 17.2 Å². The minimum absolute atomic E-state index is 0.0935. The number of rotatable bonds is 9. The Morgan fingerprint density at radius 3 is 2.60 bits per heavy atom. The van der Waals surface area contributed by atoms with Crippen LogP contribution in [0.5, 0.6) is 17.2 Å². The number of carbonyl (C=O) groups excluding carboxylic acids is 1. The Morgan fingerprint density at radius 2 is 1.87 bits per heavy atom. The zero-order valence-corrected chi connectivity index (χ0v) is 18.6. The third kappa shape index (κ3) is 5.04. The van der Waals surface area contributed by atoms with Crippen molar-refractivity contribution in [3.63, 3.8) is 0 Å². The highest BCUT2D eigenvalue weighted by molar-refractivity contribution is 8.26. The monoisotopic (exact) mass is 441 g/mol. The molecule has 3 rings (SSSR count). The molecule has 2 aromatic carbocycles. The van der Waals surface area contributed by atoms with Crippen molar-refractivity contribution in [3.05, 3.63) is 71.2 Å². The Balaban J connectivity index is 1.73. The average molecular weight is 442 g/mol. The Hall–Kier alpha value is -2.77. The maximum atomic E-state index is 12.9. The number of thiocarbonyl (C=S) groups is 1. The lowest BCUT2D eigenvalue weighted by Crippen LogP contribution is -2.30. The molecule has 7 heteroatoms. The van der Waals surface area contributed by atoms with Crippen molar-refractivity contribution in [2.24, 2.45) is 0 Å². The van der Waals surface area contributed by atoms with E-state index in [1.165, 1.54) is 11.8 Å². The molecule has 156 valence electrons. The first-order valence-electron chi connectivity index (χ1n) is 9.36. The number of nitrogens with zero attached hydrogens (tertiary/aromatic N) is 1. The third-order valence-electron chi connectivity index (χ3n) is 4.51. The number of amides is 1. The van der Waals surface area contributed by atoms with Crippen LogP contribution in [0, 0.1) is 0 Å². The van der Waals surface area contributed by atoms with E-state index in [1.54, 1.807) is 25.2 Å². The SMILES string of the molecule is C=CCOc1ccccc1/C=C1\SC(=S)N(CCc2ccc(OC)c(OC)c2)C1=O. The molecule has 2 aromatic rings. The van der Waals surface area contributed by atoms with Gasteiger partial charge in [0.25, 0.3) is 5.91 Å². The molecule has 1 heterocycles. The summed E-state index contributed by atoms with van der Waals surface area (Å²) in [5.74, 6) is 1.94. The second-order valence-corrected chi connectivity index (χ2v) is 8.09. The Morgan fingerprint density at radius 1 is 1.10 bits per heavy atom. The van der Waals surface area contributed by atoms with E-state index in [4.69, 9.17) is 26.4 Å². The summed E-state index contributed by atoms with van der Waals surface area (Å²) in [4.78, 5) is 15.2. The number of methoxy groups -OCH3 is 2. The van der Waals surface area contributed by atoms with Gasteiger partial charge in [-0.2, -0.15) is 0 Å². The van der Waals surface area contributed by atoms with E-state index in [1.807, 2.05) is 48.5 Å². The summed E-state index contributed by atoms with van der Waals surface area (Å²) >= 11 is 6.76. The van der Waals surface area contributed by atoms with E-state index in [0.29, 0.717) is 46.0 Å². The average Bonchev–Trinajstić information content (AvgIpc) is 3.03. The van der Waals surface area contributed by atoms with E-state index < -0.39 is 0 Å². The first-order chi connectivity index (χ1) is 14.6. The summed E-state index contributed by atoms with van der Waals surface area (Å²) in [6.07, 6.45) is 4.16. The number of benzene rings is 2. The first kappa shape index (κ1) is 21.9. The quantitative estimate of drug-likeness (QED) is 0.319. The van der Waals surface area contributed by atoms with Gasteiger partial charge in [0.05, 0.1) is 19.1 Å². The van der Waals surface area contributed by atoms with Crippen molar-refractivity contribution in [2.45, 2.75) is 6.42 Å². The standard InChI is InChI=1S/C23H23NO4S2/c1-4-13-28-18-8-6-5-7-17(18)15-21-22(25)24(23(29)30-21)12-11-16-9-10-19(26-2)20(14-16)27-3/h4-10,14-15H,1,11-13H2,2-3H3/b21-15-. The molecule has 0 aromatic heterocycles. The predicted molar refractivity (Wildman–Crippen MR) is 125 cm³/mol. The molecule has 0 radical (unpaired) electrons. The fourth-order valence-electron chi connectivity index (χ4n) is 2.99. The molecule has 0 unspecified atom stereocenters. The Labute approximate surface area is 186 Å². The molecule has 1 aliphatic heterocycles. The molecule has 1 amide bonds. The van der Waals surface area contributed by atoms with Gasteiger partial charge < -0.3 is 14.2 Å². The molecule has 0 N–H and O–H groups in total. The highest BCUT2D eigenvalue weighted by atomic mass is 32.2. The van der Waals surface area contributed by atoms with Gasteiger partial charge in [-0.15, -0.1) is 0 Å². The zero-order chi connectivity index (χ0) is 21.5. The molecule has 0 aliphatic carbocycles. The van der Waals surface area contributed by atoms with Crippen molar-refractivity contribution in [1.82, 2.24) is 4.90 Å². The van der Waals surface area contributed by atoms with Crippen molar-refractivity contribution >= 4 is 40.3 Å². The van der Waals surface area contributed by atoms with Crippen LogP contribution in [0.4, 0.5) is 0 Å². The lowest BCUT2D eigenvalue weighted by molar-refractivity contribution is -0.122. The molecular formula is C23H23NO4S2. The highest BCUT2D eigenvalue weighted by Crippen LogP contribution is 2.35. The van der Waals surface area contributed by atoms with Crippen LogP contribution in [-0.2, 0) is 11.2 Å². The van der Waals surface area contributed by atoms with Crippen LogP contribution in [0.25, 0.3) is 6.08 Å².